The Balaban J connectivity index is 1.99. The molecule has 0 radical (unpaired) electrons. The van der Waals surface area contributed by atoms with E-state index in [0.717, 1.165) is 18.4 Å². The van der Waals surface area contributed by atoms with Crippen LogP contribution in [0.2, 0.25) is 0 Å². The van der Waals surface area contributed by atoms with Gasteiger partial charge in [0.1, 0.15) is 0 Å². The van der Waals surface area contributed by atoms with E-state index in [4.69, 9.17) is 9.47 Å². The lowest BCUT2D eigenvalue weighted by molar-refractivity contribution is -0.111. The van der Waals surface area contributed by atoms with Gasteiger partial charge in [0.15, 0.2) is 17.3 Å². The van der Waals surface area contributed by atoms with Crippen molar-refractivity contribution in [3.8, 4) is 11.5 Å². The van der Waals surface area contributed by atoms with Gasteiger partial charge in [0.2, 0.25) is 5.91 Å². The van der Waals surface area contributed by atoms with Crippen LogP contribution in [0.4, 0.5) is 5.69 Å². The van der Waals surface area contributed by atoms with Crippen LogP contribution in [0.25, 0.3) is 6.08 Å². The number of Topliss-reactive ketones (excluding diaryl/α,β-unsaturated/α-hetero) is 1. The zero-order chi connectivity index (χ0) is 19.6. The van der Waals surface area contributed by atoms with Crippen molar-refractivity contribution >= 4 is 23.5 Å². The van der Waals surface area contributed by atoms with E-state index >= 15 is 0 Å². The standard InChI is InChI=1S/C22H25NO4/c1-4-5-14-27-20-12-6-17(15-21(20)26-3)7-13-22(25)23-19-10-8-18(9-11-19)16(2)24/h6-13,15H,4-5,14H2,1-3H3,(H,23,25)/b13-7+. The number of unbranched alkanes of at least 4 members (excludes halogenated alkanes) is 1. The Hall–Kier alpha value is -3.08. The minimum Gasteiger partial charge on any atom is -0.493 e. The van der Waals surface area contributed by atoms with Gasteiger partial charge in [-0.15, -0.1) is 0 Å². The Labute approximate surface area is 160 Å². The monoisotopic (exact) mass is 367 g/mol. The zero-order valence-electron chi connectivity index (χ0n) is 16.0. The van der Waals surface area contributed by atoms with E-state index in [2.05, 4.69) is 12.2 Å². The molecule has 2 aromatic carbocycles. The summed E-state index contributed by atoms with van der Waals surface area (Å²) in [6, 6.07) is 12.3. The van der Waals surface area contributed by atoms with E-state index in [1.165, 1.54) is 13.0 Å². The number of nitrogens with one attached hydrogen (secondary N) is 1. The van der Waals surface area contributed by atoms with E-state index in [-0.39, 0.29) is 11.7 Å². The molecule has 0 fully saturated rings. The highest BCUT2D eigenvalue weighted by molar-refractivity contribution is 6.02. The molecular weight excluding hydrogens is 342 g/mol. The van der Waals surface area contributed by atoms with E-state index in [9.17, 15) is 9.59 Å². The van der Waals surface area contributed by atoms with E-state index in [1.807, 2.05) is 18.2 Å². The fraction of sp³-hybridized carbons (Fsp3) is 0.273. The van der Waals surface area contributed by atoms with Crippen LogP contribution in [0.15, 0.2) is 48.5 Å². The summed E-state index contributed by atoms with van der Waals surface area (Å²) in [6.07, 6.45) is 5.21. The predicted octanol–water partition coefficient (Wildman–Crippen LogP) is 4.73. The number of ketones is 1. The molecule has 27 heavy (non-hydrogen) atoms. The van der Waals surface area contributed by atoms with Crippen LogP contribution in [-0.2, 0) is 4.79 Å². The third-order valence-corrected chi connectivity index (χ3v) is 3.93. The Morgan fingerprint density at radius 2 is 1.81 bits per heavy atom. The molecule has 1 amide bonds. The summed E-state index contributed by atoms with van der Waals surface area (Å²) in [7, 11) is 1.59. The fourth-order valence-corrected chi connectivity index (χ4v) is 2.38. The Kier molecular flexibility index (Phi) is 7.62. The average Bonchev–Trinajstić information content (AvgIpc) is 2.67. The Bertz CT molecular complexity index is 810. The number of methoxy groups -OCH3 is 1. The van der Waals surface area contributed by atoms with Gasteiger partial charge in [-0.25, -0.2) is 0 Å². The molecule has 0 bridgehead atoms. The van der Waals surface area contributed by atoms with Gasteiger partial charge < -0.3 is 14.8 Å². The van der Waals surface area contributed by atoms with Crippen LogP contribution in [-0.4, -0.2) is 25.4 Å². The highest BCUT2D eigenvalue weighted by Gasteiger charge is 2.05. The Morgan fingerprint density at radius 1 is 1.07 bits per heavy atom. The van der Waals surface area contributed by atoms with Crippen molar-refractivity contribution < 1.29 is 19.1 Å². The summed E-state index contributed by atoms with van der Waals surface area (Å²) >= 11 is 0. The third-order valence-electron chi connectivity index (χ3n) is 3.93. The number of carbonyl (C=O) groups is 2. The molecule has 0 heterocycles. The van der Waals surface area contributed by atoms with Gasteiger partial charge in [0.25, 0.3) is 0 Å². The minimum atomic E-state index is -0.257. The number of benzene rings is 2. The molecule has 0 unspecified atom stereocenters. The SMILES string of the molecule is CCCCOc1ccc(/C=C/C(=O)Nc2ccc(C(C)=O)cc2)cc1OC. The second-order valence-corrected chi connectivity index (χ2v) is 6.07. The third kappa shape index (κ3) is 6.29. The molecule has 2 rings (SSSR count). The molecule has 5 nitrogen and oxygen atoms in total. The number of ether oxygens (including phenoxy) is 2. The van der Waals surface area contributed by atoms with Crippen LogP contribution in [0.1, 0.15) is 42.6 Å². The van der Waals surface area contributed by atoms with Crippen LogP contribution in [0.5, 0.6) is 11.5 Å². The maximum atomic E-state index is 12.1. The summed E-state index contributed by atoms with van der Waals surface area (Å²) in [5, 5.41) is 2.76. The molecule has 5 heteroatoms. The largest absolute Gasteiger partial charge is 0.493 e. The minimum absolute atomic E-state index is 0.0103. The highest BCUT2D eigenvalue weighted by atomic mass is 16.5. The van der Waals surface area contributed by atoms with Gasteiger partial charge >= 0.3 is 0 Å². The van der Waals surface area contributed by atoms with Crippen LogP contribution in [0.3, 0.4) is 0 Å². The van der Waals surface area contributed by atoms with Gasteiger partial charge in [0.05, 0.1) is 13.7 Å². The highest BCUT2D eigenvalue weighted by Crippen LogP contribution is 2.28. The molecule has 0 atom stereocenters. The molecule has 0 aliphatic carbocycles. The molecule has 142 valence electrons. The number of carbonyl (C=O) groups excluding carboxylic acids is 2. The van der Waals surface area contributed by atoms with E-state index in [1.54, 1.807) is 37.5 Å². The van der Waals surface area contributed by atoms with Crippen molar-refractivity contribution in [2.75, 3.05) is 19.0 Å². The van der Waals surface area contributed by atoms with Crippen molar-refractivity contribution in [1.29, 1.82) is 0 Å². The summed E-state index contributed by atoms with van der Waals surface area (Å²) in [6.45, 7) is 4.26. The molecule has 2 aromatic rings. The van der Waals surface area contributed by atoms with Gasteiger partial charge in [-0.05, 0) is 61.4 Å². The lowest BCUT2D eigenvalue weighted by atomic mass is 10.1. The van der Waals surface area contributed by atoms with Gasteiger partial charge in [-0.1, -0.05) is 19.4 Å². The van der Waals surface area contributed by atoms with Crippen molar-refractivity contribution in [3.63, 3.8) is 0 Å². The normalized spacial score (nSPS) is 10.6. The number of hydrogen-bond acceptors (Lipinski definition) is 4. The lowest BCUT2D eigenvalue weighted by Crippen LogP contribution is -2.07. The first-order valence-corrected chi connectivity index (χ1v) is 8.94. The first-order valence-electron chi connectivity index (χ1n) is 8.94. The molecule has 0 saturated carbocycles. The predicted molar refractivity (Wildman–Crippen MR) is 108 cm³/mol. The molecule has 1 N–H and O–H groups in total. The number of anilines is 1. The molecule has 0 aliphatic heterocycles. The molecule has 0 aliphatic rings. The topological polar surface area (TPSA) is 64.6 Å². The van der Waals surface area contributed by atoms with Crippen molar-refractivity contribution in [3.05, 3.63) is 59.7 Å². The summed E-state index contributed by atoms with van der Waals surface area (Å²) in [5.74, 6) is 1.06. The smallest absolute Gasteiger partial charge is 0.248 e. The van der Waals surface area contributed by atoms with Gasteiger partial charge in [0, 0.05) is 17.3 Å². The van der Waals surface area contributed by atoms with Gasteiger partial charge in [-0.2, -0.15) is 0 Å². The number of amides is 1. The maximum absolute atomic E-state index is 12.1. The second kappa shape index (κ2) is 10.2. The Morgan fingerprint density at radius 3 is 2.44 bits per heavy atom. The van der Waals surface area contributed by atoms with Crippen LogP contribution >= 0.6 is 0 Å². The molecular formula is C22H25NO4. The van der Waals surface area contributed by atoms with E-state index in [0.29, 0.717) is 29.4 Å². The first-order chi connectivity index (χ1) is 13.0. The summed E-state index contributed by atoms with van der Waals surface area (Å²) in [4.78, 5) is 23.3. The summed E-state index contributed by atoms with van der Waals surface area (Å²) in [5.41, 5.74) is 2.07. The summed E-state index contributed by atoms with van der Waals surface area (Å²) < 4.78 is 11.1. The van der Waals surface area contributed by atoms with E-state index < -0.39 is 0 Å². The zero-order valence-corrected chi connectivity index (χ0v) is 16.0. The first kappa shape index (κ1) is 20.2. The van der Waals surface area contributed by atoms with Crippen molar-refractivity contribution in [2.45, 2.75) is 26.7 Å². The fourth-order valence-electron chi connectivity index (χ4n) is 2.38. The van der Waals surface area contributed by atoms with Crippen molar-refractivity contribution in [1.82, 2.24) is 0 Å². The second-order valence-electron chi connectivity index (χ2n) is 6.07. The quantitative estimate of drug-likeness (QED) is 0.395. The average molecular weight is 367 g/mol. The van der Waals surface area contributed by atoms with Crippen LogP contribution in [0, 0.1) is 0 Å². The van der Waals surface area contributed by atoms with Crippen LogP contribution < -0.4 is 14.8 Å². The lowest BCUT2D eigenvalue weighted by Gasteiger charge is -2.11. The molecule has 0 aromatic heterocycles. The molecule has 0 spiro atoms. The van der Waals surface area contributed by atoms with Crippen molar-refractivity contribution in [2.24, 2.45) is 0 Å². The number of rotatable bonds is 9. The molecule has 0 saturated heterocycles. The maximum Gasteiger partial charge on any atom is 0.248 e. The van der Waals surface area contributed by atoms with Gasteiger partial charge in [-0.3, -0.25) is 9.59 Å². The number of hydrogen-bond donors (Lipinski definition) is 1.